The van der Waals surface area contributed by atoms with Crippen LogP contribution in [-0.4, -0.2) is 40.5 Å². The number of amides is 1. The van der Waals surface area contributed by atoms with Crippen molar-refractivity contribution in [1.29, 1.82) is 0 Å². The van der Waals surface area contributed by atoms with E-state index < -0.39 is 0 Å². The van der Waals surface area contributed by atoms with Crippen molar-refractivity contribution in [2.24, 2.45) is 0 Å². The van der Waals surface area contributed by atoms with Crippen molar-refractivity contribution in [3.8, 4) is 0 Å². The van der Waals surface area contributed by atoms with Crippen molar-refractivity contribution in [2.75, 3.05) is 16.8 Å². The fraction of sp³-hybridized carbons (Fsp3) is 0.706. The molecule has 3 aliphatic heterocycles. The van der Waals surface area contributed by atoms with Gasteiger partial charge in [0.05, 0.1) is 5.69 Å². The van der Waals surface area contributed by atoms with E-state index in [9.17, 15) is 4.79 Å². The molecule has 6 nitrogen and oxygen atoms in total. The number of rotatable bonds is 2. The van der Waals surface area contributed by atoms with Crippen LogP contribution in [0.2, 0.25) is 0 Å². The molecular weight excluding hydrogens is 290 g/mol. The predicted molar refractivity (Wildman–Crippen MR) is 91.8 cm³/mol. The van der Waals surface area contributed by atoms with Gasteiger partial charge in [0, 0.05) is 25.0 Å². The highest BCUT2D eigenvalue weighted by Crippen LogP contribution is 2.38. The summed E-state index contributed by atoms with van der Waals surface area (Å²) < 4.78 is 0. The lowest BCUT2D eigenvalue weighted by Crippen LogP contribution is -2.64. The molecule has 2 unspecified atom stereocenters. The van der Waals surface area contributed by atoms with Crippen LogP contribution in [0.4, 0.5) is 11.5 Å². The van der Waals surface area contributed by atoms with E-state index in [1.54, 1.807) is 0 Å². The number of nitrogens with zero attached hydrogens (tertiary/aromatic N) is 3. The van der Waals surface area contributed by atoms with Crippen molar-refractivity contribution >= 4 is 17.4 Å². The highest BCUT2D eigenvalue weighted by Gasteiger charge is 2.47. The molecule has 0 spiro atoms. The molecule has 2 fully saturated rings. The normalized spacial score (nSPS) is 27.6. The maximum absolute atomic E-state index is 12.6. The summed E-state index contributed by atoms with van der Waals surface area (Å²) in [6.07, 6.45) is 3.84. The van der Waals surface area contributed by atoms with Crippen molar-refractivity contribution in [1.82, 2.24) is 15.3 Å². The minimum Gasteiger partial charge on any atom is -0.340 e. The summed E-state index contributed by atoms with van der Waals surface area (Å²) in [5.41, 5.74) is 1.78. The molecule has 2 bridgehead atoms. The number of aromatic nitrogens is 2. The fourth-order valence-corrected chi connectivity index (χ4v) is 3.84. The van der Waals surface area contributed by atoms with Gasteiger partial charge in [-0.2, -0.15) is 0 Å². The highest BCUT2D eigenvalue weighted by atomic mass is 16.2. The minimum absolute atomic E-state index is 0.0860. The molecule has 1 amide bonds. The van der Waals surface area contributed by atoms with Gasteiger partial charge in [-0.1, -0.05) is 27.7 Å². The summed E-state index contributed by atoms with van der Waals surface area (Å²) in [6.45, 7) is 9.01. The zero-order valence-corrected chi connectivity index (χ0v) is 14.5. The molecule has 3 atom stereocenters. The predicted octanol–water partition coefficient (Wildman–Crippen LogP) is 1.89. The first-order valence-corrected chi connectivity index (χ1v) is 8.94. The Bertz CT molecular complexity index is 603. The molecule has 6 heteroatoms. The summed E-state index contributed by atoms with van der Waals surface area (Å²) in [5, 5.41) is 6.63. The van der Waals surface area contributed by atoms with Gasteiger partial charge in [-0.05, 0) is 19.3 Å². The molecule has 0 saturated carbocycles. The molecule has 0 aromatic carbocycles. The van der Waals surface area contributed by atoms with E-state index >= 15 is 0 Å². The first-order valence-electron chi connectivity index (χ1n) is 8.94. The van der Waals surface area contributed by atoms with E-state index in [2.05, 4.69) is 34.4 Å². The van der Waals surface area contributed by atoms with E-state index in [1.807, 2.05) is 13.8 Å². The molecule has 4 heterocycles. The maximum atomic E-state index is 12.6. The average molecular weight is 317 g/mol. The van der Waals surface area contributed by atoms with Gasteiger partial charge in [-0.25, -0.2) is 9.97 Å². The fourth-order valence-electron chi connectivity index (χ4n) is 3.84. The number of anilines is 2. The Morgan fingerprint density at radius 1 is 1.17 bits per heavy atom. The van der Waals surface area contributed by atoms with Crippen LogP contribution >= 0.6 is 0 Å². The number of piperazine rings is 1. The summed E-state index contributed by atoms with van der Waals surface area (Å²) in [4.78, 5) is 24.1. The molecule has 126 valence electrons. The van der Waals surface area contributed by atoms with Crippen molar-refractivity contribution in [3.63, 3.8) is 0 Å². The molecule has 0 radical (unpaired) electrons. The largest absolute Gasteiger partial charge is 0.340 e. The zero-order valence-electron chi connectivity index (χ0n) is 14.5. The SMILES string of the molecule is CC.CCc1nc(CC)c2c(n1)N1C[C@@H]3CCC(N3)C1C(=O)N2. The monoisotopic (exact) mass is 317 g/mol. The number of hydrogen-bond acceptors (Lipinski definition) is 5. The second-order valence-electron chi connectivity index (χ2n) is 6.13. The summed E-state index contributed by atoms with van der Waals surface area (Å²) >= 11 is 0. The Morgan fingerprint density at radius 2 is 1.96 bits per heavy atom. The van der Waals surface area contributed by atoms with Gasteiger partial charge in [-0.15, -0.1) is 0 Å². The third-order valence-corrected chi connectivity index (χ3v) is 4.86. The van der Waals surface area contributed by atoms with Gasteiger partial charge < -0.3 is 15.5 Å². The molecule has 3 aliphatic rings. The summed E-state index contributed by atoms with van der Waals surface area (Å²) in [5.74, 6) is 1.89. The van der Waals surface area contributed by atoms with Crippen molar-refractivity contribution < 1.29 is 4.79 Å². The van der Waals surface area contributed by atoms with Crippen LogP contribution in [0.1, 0.15) is 52.1 Å². The Balaban J connectivity index is 0.000000753. The highest BCUT2D eigenvalue weighted by molar-refractivity contribution is 6.04. The first-order chi connectivity index (χ1) is 11.2. The maximum Gasteiger partial charge on any atom is 0.248 e. The number of carbonyl (C=O) groups excluding carboxylic acids is 1. The molecule has 2 N–H and O–H groups in total. The van der Waals surface area contributed by atoms with Gasteiger partial charge in [0.1, 0.15) is 17.6 Å². The lowest BCUT2D eigenvalue weighted by Gasteiger charge is -2.44. The zero-order chi connectivity index (χ0) is 16.6. The van der Waals surface area contributed by atoms with Crippen LogP contribution in [-0.2, 0) is 17.6 Å². The van der Waals surface area contributed by atoms with Crippen molar-refractivity contribution in [3.05, 3.63) is 11.5 Å². The van der Waals surface area contributed by atoms with Gasteiger partial charge >= 0.3 is 0 Å². The summed E-state index contributed by atoms with van der Waals surface area (Å²) in [6, 6.07) is 0.609. The lowest BCUT2D eigenvalue weighted by atomic mass is 10.0. The van der Waals surface area contributed by atoms with Gasteiger partial charge in [0.25, 0.3) is 0 Å². The van der Waals surface area contributed by atoms with Crippen LogP contribution in [0.15, 0.2) is 0 Å². The number of aryl methyl sites for hydroxylation is 2. The molecule has 4 rings (SSSR count). The van der Waals surface area contributed by atoms with E-state index in [4.69, 9.17) is 4.98 Å². The molecular formula is C17H27N5O. The van der Waals surface area contributed by atoms with E-state index in [0.29, 0.717) is 6.04 Å². The van der Waals surface area contributed by atoms with E-state index in [1.165, 1.54) is 0 Å². The quantitative estimate of drug-likeness (QED) is 0.872. The third kappa shape index (κ3) is 2.59. The number of fused-ring (bicyclic) bond motifs is 6. The van der Waals surface area contributed by atoms with Crippen LogP contribution in [0.5, 0.6) is 0 Å². The Kier molecular flexibility index (Phi) is 4.53. The third-order valence-electron chi connectivity index (χ3n) is 4.86. The topological polar surface area (TPSA) is 70.2 Å². The van der Waals surface area contributed by atoms with Crippen LogP contribution in [0, 0.1) is 0 Å². The number of hydrogen-bond donors (Lipinski definition) is 2. The number of carbonyl (C=O) groups is 1. The Morgan fingerprint density at radius 3 is 2.65 bits per heavy atom. The van der Waals surface area contributed by atoms with E-state index in [-0.39, 0.29) is 18.0 Å². The van der Waals surface area contributed by atoms with Crippen molar-refractivity contribution in [2.45, 2.75) is 71.5 Å². The Labute approximate surface area is 138 Å². The van der Waals surface area contributed by atoms with Gasteiger partial charge in [0.15, 0.2) is 5.82 Å². The second kappa shape index (κ2) is 6.43. The van der Waals surface area contributed by atoms with Crippen LogP contribution in [0.25, 0.3) is 0 Å². The molecule has 23 heavy (non-hydrogen) atoms. The minimum atomic E-state index is -0.124. The smallest absolute Gasteiger partial charge is 0.248 e. The first kappa shape index (κ1) is 16.2. The van der Waals surface area contributed by atoms with Crippen LogP contribution in [0.3, 0.4) is 0 Å². The molecule has 2 saturated heterocycles. The van der Waals surface area contributed by atoms with Gasteiger partial charge in [0.2, 0.25) is 5.91 Å². The standard InChI is InChI=1S/C15H21N5O.C2H6/c1-3-9-12-14(18-11(4-2)17-9)20-7-8-5-6-10(16-8)13(20)15(21)19-12;1-2/h8,10,13,16H,3-7H2,1-2H3,(H,19,21);1-2H3/t8-,10?,13?;/m0./s1. The summed E-state index contributed by atoms with van der Waals surface area (Å²) in [7, 11) is 0. The Hall–Kier alpha value is -1.69. The van der Waals surface area contributed by atoms with Crippen LogP contribution < -0.4 is 15.5 Å². The molecule has 1 aromatic rings. The lowest BCUT2D eigenvalue weighted by molar-refractivity contribution is -0.118. The average Bonchev–Trinajstić information content (AvgIpc) is 2.96. The van der Waals surface area contributed by atoms with E-state index in [0.717, 1.165) is 55.3 Å². The van der Waals surface area contributed by atoms with Gasteiger partial charge in [-0.3, -0.25) is 4.79 Å². The molecule has 1 aromatic heterocycles. The molecule has 0 aliphatic carbocycles. The number of nitrogens with one attached hydrogen (secondary N) is 2. The second-order valence-corrected chi connectivity index (χ2v) is 6.13.